The first kappa shape index (κ1) is 15.2. The lowest BCUT2D eigenvalue weighted by Crippen LogP contribution is -2.41. The van der Waals surface area contributed by atoms with Crippen LogP contribution < -0.4 is 10.6 Å². The van der Waals surface area contributed by atoms with Crippen molar-refractivity contribution in [1.29, 1.82) is 5.26 Å². The van der Waals surface area contributed by atoms with Crippen LogP contribution in [0, 0.1) is 25.2 Å². The van der Waals surface area contributed by atoms with Crippen molar-refractivity contribution in [2.45, 2.75) is 32.8 Å². The number of aromatic nitrogens is 1. The molecule has 0 aliphatic carbocycles. The third-order valence-corrected chi connectivity index (χ3v) is 4.56. The van der Waals surface area contributed by atoms with Crippen molar-refractivity contribution in [2.75, 3.05) is 18.0 Å². The number of H-pyrrole nitrogens is 1. The van der Waals surface area contributed by atoms with Crippen molar-refractivity contribution >= 4 is 22.7 Å². The van der Waals surface area contributed by atoms with Gasteiger partial charge in [0.15, 0.2) is 0 Å². The minimum atomic E-state index is -0.726. The number of nitrogens with zero attached hydrogens (tertiary/aromatic N) is 2. The number of fused-ring (bicyclic) bond motifs is 1. The number of ether oxygens (including phenoxy) is 1. The molecule has 1 amide bonds. The van der Waals surface area contributed by atoms with Crippen LogP contribution in [0.15, 0.2) is 12.1 Å². The number of nitrogens with one attached hydrogen (secondary N) is 1. The minimum Gasteiger partial charge on any atom is -0.445 e. The average molecular weight is 312 g/mol. The summed E-state index contributed by atoms with van der Waals surface area (Å²) in [4.78, 5) is 16.5. The fourth-order valence-corrected chi connectivity index (χ4v) is 3.34. The Balaban J connectivity index is 2.03. The van der Waals surface area contributed by atoms with Crippen LogP contribution in [0.25, 0.3) is 10.9 Å². The summed E-state index contributed by atoms with van der Waals surface area (Å²) in [5.41, 5.74) is 9.93. The van der Waals surface area contributed by atoms with Crippen LogP contribution in [0.4, 0.5) is 10.5 Å². The molecule has 0 radical (unpaired) electrons. The highest BCUT2D eigenvalue weighted by molar-refractivity contribution is 5.99. The topological polar surface area (TPSA) is 95.1 Å². The van der Waals surface area contributed by atoms with Gasteiger partial charge in [-0.2, -0.15) is 5.26 Å². The number of aromatic amines is 1. The Morgan fingerprint density at radius 3 is 2.96 bits per heavy atom. The molecule has 1 saturated heterocycles. The number of benzene rings is 1. The van der Waals surface area contributed by atoms with E-state index in [1.165, 1.54) is 0 Å². The summed E-state index contributed by atoms with van der Waals surface area (Å²) >= 11 is 0. The lowest BCUT2D eigenvalue weighted by atomic mass is 10.0. The molecule has 1 aromatic heterocycles. The second-order valence-electron chi connectivity index (χ2n) is 6.02. The molecule has 23 heavy (non-hydrogen) atoms. The van der Waals surface area contributed by atoms with E-state index in [0.717, 1.165) is 47.2 Å². The molecule has 120 valence electrons. The summed E-state index contributed by atoms with van der Waals surface area (Å²) < 4.78 is 5.17. The van der Waals surface area contributed by atoms with Crippen LogP contribution in [0.3, 0.4) is 0 Å². The predicted molar refractivity (Wildman–Crippen MR) is 88.4 cm³/mol. The summed E-state index contributed by atoms with van der Waals surface area (Å²) in [6, 6.07) is 6.06. The molecule has 0 saturated carbocycles. The average Bonchev–Trinajstić information content (AvgIpc) is 2.82. The lowest BCUT2D eigenvalue weighted by molar-refractivity contribution is 0.0966. The molecule has 1 fully saturated rings. The van der Waals surface area contributed by atoms with Gasteiger partial charge in [0.25, 0.3) is 0 Å². The Kier molecular flexibility index (Phi) is 3.87. The Labute approximate surface area is 134 Å². The van der Waals surface area contributed by atoms with Gasteiger partial charge < -0.3 is 20.4 Å². The predicted octanol–water partition coefficient (Wildman–Crippen LogP) is 2.72. The maximum atomic E-state index is 11.0. The molecule has 1 aliphatic rings. The van der Waals surface area contributed by atoms with Gasteiger partial charge in [-0.3, -0.25) is 0 Å². The SMILES string of the molecule is Cc1[nH]c2c(C#N)ccc(N3CCCC(OC(N)=O)C3)c2c1C. The van der Waals surface area contributed by atoms with E-state index in [1.807, 2.05) is 19.1 Å². The number of carbonyl (C=O) groups is 1. The molecular formula is C17H20N4O2. The lowest BCUT2D eigenvalue weighted by Gasteiger charge is -2.34. The smallest absolute Gasteiger partial charge is 0.404 e. The number of hydrogen-bond donors (Lipinski definition) is 2. The van der Waals surface area contributed by atoms with Crippen LogP contribution in [0.1, 0.15) is 29.7 Å². The molecule has 2 heterocycles. The molecule has 3 rings (SSSR count). The van der Waals surface area contributed by atoms with Crippen LogP contribution in [0.5, 0.6) is 0 Å². The van der Waals surface area contributed by atoms with Crippen LogP contribution in [0.2, 0.25) is 0 Å². The molecule has 1 atom stereocenters. The molecular weight excluding hydrogens is 292 g/mol. The number of primary amides is 1. The molecule has 1 aliphatic heterocycles. The summed E-state index contributed by atoms with van der Waals surface area (Å²) in [5, 5.41) is 10.4. The van der Waals surface area contributed by atoms with Crippen LogP contribution >= 0.6 is 0 Å². The normalized spacial score (nSPS) is 18.0. The summed E-state index contributed by atoms with van der Waals surface area (Å²) in [6.07, 6.45) is 0.842. The molecule has 6 heteroatoms. The van der Waals surface area contributed by atoms with Gasteiger partial charge in [0.2, 0.25) is 0 Å². The van der Waals surface area contributed by atoms with Gasteiger partial charge in [-0.25, -0.2) is 4.79 Å². The third kappa shape index (κ3) is 2.70. The van der Waals surface area contributed by atoms with E-state index in [0.29, 0.717) is 12.1 Å². The molecule has 0 spiro atoms. The Morgan fingerprint density at radius 2 is 2.26 bits per heavy atom. The monoisotopic (exact) mass is 312 g/mol. The fourth-order valence-electron chi connectivity index (χ4n) is 3.34. The minimum absolute atomic E-state index is 0.188. The van der Waals surface area contributed by atoms with Crippen molar-refractivity contribution in [3.63, 3.8) is 0 Å². The molecule has 6 nitrogen and oxygen atoms in total. The van der Waals surface area contributed by atoms with Gasteiger partial charge in [-0.05, 0) is 44.4 Å². The van der Waals surface area contributed by atoms with Crippen LogP contribution in [-0.2, 0) is 4.74 Å². The van der Waals surface area contributed by atoms with Crippen molar-refractivity contribution < 1.29 is 9.53 Å². The highest BCUT2D eigenvalue weighted by Gasteiger charge is 2.25. The molecule has 1 unspecified atom stereocenters. The van der Waals surface area contributed by atoms with Gasteiger partial charge in [0.05, 0.1) is 17.6 Å². The number of piperidine rings is 1. The zero-order valence-corrected chi connectivity index (χ0v) is 13.3. The van der Waals surface area contributed by atoms with E-state index in [2.05, 4.69) is 22.9 Å². The number of nitrogens with two attached hydrogens (primary N) is 1. The molecule has 3 N–H and O–H groups in total. The van der Waals surface area contributed by atoms with E-state index >= 15 is 0 Å². The quantitative estimate of drug-likeness (QED) is 0.891. The van der Waals surface area contributed by atoms with Gasteiger partial charge >= 0.3 is 6.09 Å². The maximum Gasteiger partial charge on any atom is 0.404 e. The fraction of sp³-hybridized carbons (Fsp3) is 0.412. The van der Waals surface area contributed by atoms with E-state index in [1.54, 1.807) is 0 Å². The highest BCUT2D eigenvalue weighted by Crippen LogP contribution is 2.35. The number of amides is 1. The Morgan fingerprint density at radius 1 is 1.48 bits per heavy atom. The number of anilines is 1. The molecule has 2 aromatic rings. The van der Waals surface area contributed by atoms with Gasteiger partial charge in [-0.15, -0.1) is 0 Å². The number of aryl methyl sites for hydroxylation is 2. The van der Waals surface area contributed by atoms with E-state index in [4.69, 9.17) is 10.5 Å². The van der Waals surface area contributed by atoms with Crippen molar-refractivity contribution in [3.8, 4) is 6.07 Å². The third-order valence-electron chi connectivity index (χ3n) is 4.56. The van der Waals surface area contributed by atoms with E-state index < -0.39 is 6.09 Å². The van der Waals surface area contributed by atoms with Crippen LogP contribution in [-0.4, -0.2) is 30.3 Å². The first-order chi connectivity index (χ1) is 11.0. The zero-order chi connectivity index (χ0) is 16.6. The number of carbonyl (C=O) groups excluding carboxylic acids is 1. The first-order valence-electron chi connectivity index (χ1n) is 7.74. The summed E-state index contributed by atoms with van der Waals surface area (Å²) in [5.74, 6) is 0. The Hall–Kier alpha value is -2.68. The van der Waals surface area contributed by atoms with Crippen molar-refractivity contribution in [1.82, 2.24) is 4.98 Å². The van der Waals surface area contributed by atoms with E-state index in [9.17, 15) is 10.1 Å². The first-order valence-corrected chi connectivity index (χ1v) is 7.74. The Bertz CT molecular complexity index is 803. The number of nitriles is 1. The maximum absolute atomic E-state index is 11.0. The van der Waals surface area contributed by atoms with E-state index in [-0.39, 0.29) is 6.10 Å². The summed E-state index contributed by atoms with van der Waals surface area (Å²) in [6.45, 7) is 5.58. The van der Waals surface area contributed by atoms with Gasteiger partial charge in [0.1, 0.15) is 12.2 Å². The standard InChI is InChI=1S/C17H20N4O2/c1-10-11(2)20-16-12(8-18)5-6-14(15(10)16)21-7-3-4-13(9-21)23-17(19)22/h5-6,13,20H,3-4,7,9H2,1-2H3,(H2,19,22). The van der Waals surface area contributed by atoms with Crippen molar-refractivity contribution in [2.24, 2.45) is 5.73 Å². The largest absolute Gasteiger partial charge is 0.445 e. The number of hydrogen-bond acceptors (Lipinski definition) is 4. The second kappa shape index (κ2) is 5.84. The zero-order valence-electron chi connectivity index (χ0n) is 13.3. The van der Waals surface area contributed by atoms with Gasteiger partial charge in [-0.1, -0.05) is 0 Å². The second-order valence-corrected chi connectivity index (χ2v) is 6.02. The molecule has 0 bridgehead atoms. The number of rotatable bonds is 2. The highest BCUT2D eigenvalue weighted by atomic mass is 16.6. The molecule has 1 aromatic carbocycles. The van der Waals surface area contributed by atoms with Gasteiger partial charge in [0, 0.05) is 23.3 Å². The van der Waals surface area contributed by atoms with Crippen molar-refractivity contribution in [3.05, 3.63) is 29.0 Å². The summed E-state index contributed by atoms with van der Waals surface area (Å²) in [7, 11) is 0.